The number of rotatable bonds is 3. The Bertz CT molecular complexity index is 1130. The SMILES string of the molecule is CC(C)(C)CC1NC(C(=O)O)C(c2cccc(Cl)c2F)C12C(=O)Nc1c2ccc(Cl)c1F. The lowest BCUT2D eigenvalue weighted by atomic mass is 9.62. The number of benzene rings is 2. The molecule has 4 unspecified atom stereocenters. The number of nitrogens with one attached hydrogen (secondary N) is 2. The van der Waals surface area contributed by atoms with E-state index in [1.807, 2.05) is 20.8 Å². The topological polar surface area (TPSA) is 78.4 Å². The normalized spacial score (nSPS) is 27.0. The van der Waals surface area contributed by atoms with E-state index in [0.717, 1.165) is 0 Å². The predicted octanol–water partition coefficient (Wildman–Crippen LogP) is 5.11. The lowest BCUT2D eigenvalue weighted by molar-refractivity contribution is -0.139. The first-order chi connectivity index (χ1) is 14.9. The summed E-state index contributed by atoms with van der Waals surface area (Å²) in [6.45, 7) is 5.84. The summed E-state index contributed by atoms with van der Waals surface area (Å²) in [5.41, 5.74) is -1.81. The number of aliphatic carboxylic acids is 1. The Kier molecular flexibility index (Phi) is 5.51. The Morgan fingerprint density at radius 1 is 1.12 bits per heavy atom. The molecule has 2 aromatic rings. The molecular weight excluding hydrogens is 461 g/mol. The second kappa shape index (κ2) is 7.68. The van der Waals surface area contributed by atoms with Gasteiger partial charge in [0.05, 0.1) is 15.7 Å². The summed E-state index contributed by atoms with van der Waals surface area (Å²) in [4.78, 5) is 26.0. The molecule has 2 aliphatic heterocycles. The third-order valence-electron chi connectivity index (χ3n) is 6.31. The summed E-state index contributed by atoms with van der Waals surface area (Å²) >= 11 is 12.0. The van der Waals surface area contributed by atoms with E-state index in [1.165, 1.54) is 30.3 Å². The molecule has 5 nitrogen and oxygen atoms in total. The third-order valence-corrected chi connectivity index (χ3v) is 6.89. The van der Waals surface area contributed by atoms with Crippen molar-refractivity contribution < 1.29 is 23.5 Å². The van der Waals surface area contributed by atoms with Crippen molar-refractivity contribution in [3.05, 3.63) is 63.1 Å². The van der Waals surface area contributed by atoms with E-state index >= 15 is 4.39 Å². The van der Waals surface area contributed by atoms with Gasteiger partial charge in [-0.1, -0.05) is 62.2 Å². The number of anilines is 1. The smallest absolute Gasteiger partial charge is 0.321 e. The average Bonchev–Trinajstić information content (AvgIpc) is 3.17. The van der Waals surface area contributed by atoms with E-state index in [0.29, 0.717) is 6.42 Å². The number of carbonyl (C=O) groups excluding carboxylic acids is 1. The van der Waals surface area contributed by atoms with Crippen LogP contribution in [-0.2, 0) is 15.0 Å². The van der Waals surface area contributed by atoms with Crippen molar-refractivity contribution >= 4 is 40.8 Å². The Balaban J connectivity index is 2.07. The molecular formula is C23H22Cl2F2N2O3. The van der Waals surface area contributed by atoms with Gasteiger partial charge in [0, 0.05) is 12.0 Å². The molecule has 2 aliphatic rings. The van der Waals surface area contributed by atoms with Crippen LogP contribution in [0.3, 0.4) is 0 Å². The van der Waals surface area contributed by atoms with Crippen molar-refractivity contribution in [2.24, 2.45) is 5.41 Å². The molecule has 0 radical (unpaired) electrons. The van der Waals surface area contributed by atoms with Gasteiger partial charge >= 0.3 is 5.97 Å². The van der Waals surface area contributed by atoms with Crippen molar-refractivity contribution in [3.8, 4) is 0 Å². The zero-order valence-electron chi connectivity index (χ0n) is 17.6. The van der Waals surface area contributed by atoms with Crippen LogP contribution in [0.5, 0.6) is 0 Å². The molecule has 4 atom stereocenters. The van der Waals surface area contributed by atoms with Gasteiger partial charge in [0.2, 0.25) is 5.91 Å². The minimum absolute atomic E-state index is 0.0211. The van der Waals surface area contributed by atoms with Gasteiger partial charge in [-0.05, 0) is 35.1 Å². The second-order valence-electron chi connectivity index (χ2n) is 9.53. The van der Waals surface area contributed by atoms with Gasteiger partial charge < -0.3 is 10.4 Å². The van der Waals surface area contributed by atoms with E-state index in [-0.39, 0.29) is 32.3 Å². The molecule has 3 N–H and O–H groups in total. The van der Waals surface area contributed by atoms with Crippen LogP contribution in [0, 0.1) is 17.0 Å². The van der Waals surface area contributed by atoms with Gasteiger partial charge in [-0.3, -0.25) is 14.9 Å². The number of hydrogen-bond acceptors (Lipinski definition) is 3. The molecule has 32 heavy (non-hydrogen) atoms. The van der Waals surface area contributed by atoms with E-state index in [2.05, 4.69) is 10.6 Å². The molecule has 1 spiro atoms. The Hall–Kier alpha value is -2.22. The Morgan fingerprint density at radius 2 is 1.78 bits per heavy atom. The number of fused-ring (bicyclic) bond motifs is 2. The van der Waals surface area contributed by atoms with Crippen LogP contribution in [0.25, 0.3) is 0 Å². The maximum Gasteiger partial charge on any atom is 0.321 e. The van der Waals surface area contributed by atoms with Gasteiger partial charge in [-0.25, -0.2) is 8.78 Å². The fourth-order valence-electron chi connectivity index (χ4n) is 5.17. The van der Waals surface area contributed by atoms with Gasteiger partial charge in [-0.2, -0.15) is 0 Å². The van der Waals surface area contributed by atoms with E-state index in [9.17, 15) is 19.1 Å². The number of carboxylic acids is 1. The highest BCUT2D eigenvalue weighted by molar-refractivity contribution is 6.31. The minimum Gasteiger partial charge on any atom is -0.480 e. The molecule has 0 aliphatic carbocycles. The van der Waals surface area contributed by atoms with Gasteiger partial charge in [0.15, 0.2) is 5.82 Å². The highest BCUT2D eigenvalue weighted by Crippen LogP contribution is 2.57. The quantitative estimate of drug-likeness (QED) is 0.568. The number of amides is 1. The average molecular weight is 483 g/mol. The summed E-state index contributed by atoms with van der Waals surface area (Å²) in [5.74, 6) is -4.66. The fraction of sp³-hybridized carbons (Fsp3) is 0.391. The molecule has 1 fully saturated rings. The number of hydrogen-bond donors (Lipinski definition) is 3. The zero-order chi connectivity index (χ0) is 23.6. The Labute approximate surface area is 194 Å². The zero-order valence-corrected chi connectivity index (χ0v) is 19.1. The third kappa shape index (κ3) is 3.29. The van der Waals surface area contributed by atoms with Crippen molar-refractivity contribution in [3.63, 3.8) is 0 Å². The second-order valence-corrected chi connectivity index (χ2v) is 10.3. The van der Waals surface area contributed by atoms with Crippen LogP contribution in [0.1, 0.15) is 44.2 Å². The molecule has 0 saturated carbocycles. The monoisotopic (exact) mass is 482 g/mol. The molecule has 2 heterocycles. The predicted molar refractivity (Wildman–Crippen MR) is 118 cm³/mol. The van der Waals surface area contributed by atoms with Crippen LogP contribution < -0.4 is 10.6 Å². The van der Waals surface area contributed by atoms with Crippen molar-refractivity contribution in [2.45, 2.75) is 50.6 Å². The molecule has 0 aromatic heterocycles. The standard InChI is InChI=1S/C23H22Cl2F2N2O3/c1-22(2,3)9-14-23(11-7-8-13(25)17(27)18(11)29-21(23)32)15(19(28-14)20(30)31)10-5-4-6-12(24)16(10)26/h4-8,14-15,19,28H,9H2,1-3H3,(H,29,32)(H,30,31). The van der Waals surface area contributed by atoms with Gasteiger partial charge in [-0.15, -0.1) is 0 Å². The van der Waals surface area contributed by atoms with E-state index in [4.69, 9.17) is 23.2 Å². The lowest BCUT2D eigenvalue weighted by Gasteiger charge is -2.37. The van der Waals surface area contributed by atoms with Crippen LogP contribution in [0.15, 0.2) is 30.3 Å². The molecule has 2 aromatic carbocycles. The van der Waals surface area contributed by atoms with E-state index < -0.39 is 46.9 Å². The first kappa shape index (κ1) is 23.0. The van der Waals surface area contributed by atoms with Crippen LogP contribution in [0.4, 0.5) is 14.5 Å². The number of carboxylic acid groups (broad SMARTS) is 1. The highest BCUT2D eigenvalue weighted by Gasteiger charge is 2.66. The Morgan fingerprint density at radius 3 is 2.41 bits per heavy atom. The molecule has 4 rings (SSSR count). The van der Waals surface area contributed by atoms with Crippen molar-refractivity contribution in [1.29, 1.82) is 0 Å². The van der Waals surface area contributed by atoms with E-state index in [1.54, 1.807) is 0 Å². The molecule has 1 saturated heterocycles. The molecule has 9 heteroatoms. The molecule has 1 amide bonds. The van der Waals surface area contributed by atoms with Crippen LogP contribution >= 0.6 is 23.2 Å². The lowest BCUT2D eigenvalue weighted by Crippen LogP contribution is -2.49. The number of carbonyl (C=O) groups is 2. The fourth-order valence-corrected chi connectivity index (χ4v) is 5.51. The summed E-state index contributed by atoms with van der Waals surface area (Å²) in [6, 6.07) is 5.06. The highest BCUT2D eigenvalue weighted by atomic mass is 35.5. The summed E-state index contributed by atoms with van der Waals surface area (Å²) in [6.07, 6.45) is 0.368. The summed E-state index contributed by atoms with van der Waals surface area (Å²) in [7, 11) is 0. The van der Waals surface area contributed by atoms with Crippen LogP contribution in [0.2, 0.25) is 10.0 Å². The number of halogens is 4. The maximum atomic E-state index is 15.3. The van der Waals surface area contributed by atoms with Crippen molar-refractivity contribution in [1.82, 2.24) is 5.32 Å². The van der Waals surface area contributed by atoms with Gasteiger partial charge in [0.1, 0.15) is 17.3 Å². The largest absolute Gasteiger partial charge is 0.480 e. The summed E-state index contributed by atoms with van der Waals surface area (Å²) in [5, 5.41) is 15.3. The summed E-state index contributed by atoms with van der Waals surface area (Å²) < 4.78 is 30.2. The van der Waals surface area contributed by atoms with Crippen molar-refractivity contribution in [2.75, 3.05) is 5.32 Å². The minimum atomic E-state index is -1.59. The molecule has 0 bridgehead atoms. The maximum absolute atomic E-state index is 15.3. The van der Waals surface area contributed by atoms with Crippen LogP contribution in [-0.4, -0.2) is 29.1 Å². The first-order valence-electron chi connectivity index (χ1n) is 10.1. The van der Waals surface area contributed by atoms with Gasteiger partial charge in [0.25, 0.3) is 0 Å². The first-order valence-corrected chi connectivity index (χ1v) is 10.9. The molecule has 170 valence electrons.